The van der Waals surface area contributed by atoms with Crippen molar-refractivity contribution in [1.29, 1.82) is 0 Å². The molecule has 0 aliphatic carbocycles. The molecule has 2 aromatic heterocycles. The predicted octanol–water partition coefficient (Wildman–Crippen LogP) is 8.10. The van der Waals surface area contributed by atoms with Crippen LogP contribution in [0.25, 0.3) is 22.2 Å². The molecule has 0 spiro atoms. The first kappa shape index (κ1) is 27.9. The van der Waals surface area contributed by atoms with Crippen molar-refractivity contribution in [3.8, 4) is 17.0 Å². The molecule has 206 valence electrons. The number of para-hydroxylation sites is 1. The number of aromatic nitrogens is 2. The molecule has 40 heavy (non-hydrogen) atoms. The van der Waals surface area contributed by atoms with Gasteiger partial charge < -0.3 is 14.9 Å². The van der Waals surface area contributed by atoms with Gasteiger partial charge in [0.15, 0.2) is 5.75 Å². The maximum atomic E-state index is 11.2. The van der Waals surface area contributed by atoms with E-state index < -0.39 is 0 Å². The summed E-state index contributed by atoms with van der Waals surface area (Å²) in [5, 5.41) is 12.2. The van der Waals surface area contributed by atoms with Crippen LogP contribution in [0.3, 0.4) is 0 Å². The van der Waals surface area contributed by atoms with Crippen molar-refractivity contribution in [1.82, 2.24) is 9.97 Å². The zero-order valence-corrected chi connectivity index (χ0v) is 25.9. The summed E-state index contributed by atoms with van der Waals surface area (Å²) in [4.78, 5) is 13.9. The first-order chi connectivity index (χ1) is 18.7. The van der Waals surface area contributed by atoms with Crippen LogP contribution in [0.4, 0.5) is 22.9 Å². The van der Waals surface area contributed by atoms with E-state index in [1.807, 2.05) is 49.5 Å². The standard InChI is InChI=1S/C34H33N4O.Pt/c1-21(2)24-20-30(37(5)6)33(39)32-23(24)15-17-27(36-32)22-14-16-26-29(19-22)38(31-13-9-10-18-35-31)28-12-8-7-11-25(28)34(26,3)4;/h7-18,20-21,39H,1-6H3;/q-1;. The van der Waals surface area contributed by atoms with Crippen molar-refractivity contribution in [3.63, 3.8) is 0 Å². The number of hydrogen-bond donors (Lipinski definition) is 1. The molecule has 6 heteroatoms. The van der Waals surface area contributed by atoms with Crippen LogP contribution in [0.15, 0.2) is 79.0 Å². The van der Waals surface area contributed by atoms with Crippen LogP contribution in [-0.2, 0) is 26.5 Å². The Morgan fingerprint density at radius 3 is 2.38 bits per heavy atom. The van der Waals surface area contributed by atoms with Crippen molar-refractivity contribution in [3.05, 3.63) is 102 Å². The SMILES string of the molecule is CC(C)c1cc(N(C)C)c(O)c2nc(-c3[c-]c4c(cc3)C(C)(C)c3ccccc3N4c3ccccn3)ccc12.[Pt]. The van der Waals surface area contributed by atoms with Gasteiger partial charge in [0.25, 0.3) is 0 Å². The first-order valence-electron chi connectivity index (χ1n) is 13.4. The zero-order chi connectivity index (χ0) is 27.5. The largest absolute Gasteiger partial charge is 0.504 e. The molecular weight excluding hydrogens is 675 g/mol. The van der Waals surface area contributed by atoms with Crippen LogP contribution < -0.4 is 9.80 Å². The van der Waals surface area contributed by atoms with Crippen molar-refractivity contribution < 1.29 is 26.2 Å². The number of fused-ring (bicyclic) bond motifs is 3. The van der Waals surface area contributed by atoms with E-state index in [2.05, 4.69) is 87.2 Å². The summed E-state index contributed by atoms with van der Waals surface area (Å²) in [6.07, 6.45) is 1.82. The quantitative estimate of drug-likeness (QED) is 0.191. The van der Waals surface area contributed by atoms with Crippen molar-refractivity contribution in [2.24, 2.45) is 0 Å². The van der Waals surface area contributed by atoms with Crippen LogP contribution in [-0.4, -0.2) is 29.2 Å². The van der Waals surface area contributed by atoms with Gasteiger partial charge in [0.1, 0.15) is 11.3 Å². The number of phenolic OH excluding ortho intramolecular Hbond substituents is 1. The van der Waals surface area contributed by atoms with Gasteiger partial charge in [-0.3, -0.25) is 4.98 Å². The molecule has 0 saturated carbocycles. The van der Waals surface area contributed by atoms with Crippen molar-refractivity contribution in [2.45, 2.75) is 39.0 Å². The van der Waals surface area contributed by atoms with E-state index in [9.17, 15) is 5.11 Å². The predicted molar refractivity (Wildman–Crippen MR) is 161 cm³/mol. The fraction of sp³-hybridized carbons (Fsp3) is 0.235. The minimum Gasteiger partial charge on any atom is -0.504 e. The molecule has 3 aromatic carbocycles. The molecule has 0 radical (unpaired) electrons. The fourth-order valence-corrected chi connectivity index (χ4v) is 5.75. The second-order valence-electron chi connectivity index (χ2n) is 11.3. The van der Waals surface area contributed by atoms with E-state index in [1.54, 1.807) is 0 Å². The Hall–Kier alpha value is -3.69. The Balaban J connectivity index is 0.00000323. The summed E-state index contributed by atoms with van der Waals surface area (Å²) in [6, 6.07) is 28.7. The van der Waals surface area contributed by atoms with E-state index in [4.69, 9.17) is 9.97 Å². The number of anilines is 4. The van der Waals surface area contributed by atoms with Crippen molar-refractivity contribution in [2.75, 3.05) is 23.9 Å². The molecule has 0 bridgehead atoms. The summed E-state index contributed by atoms with van der Waals surface area (Å²) >= 11 is 0. The van der Waals surface area contributed by atoms with Crippen molar-refractivity contribution >= 4 is 33.8 Å². The Morgan fingerprint density at radius 2 is 1.68 bits per heavy atom. The summed E-state index contributed by atoms with van der Waals surface area (Å²) in [7, 11) is 3.88. The summed E-state index contributed by atoms with van der Waals surface area (Å²) < 4.78 is 0. The molecule has 0 amide bonds. The normalized spacial score (nSPS) is 13.5. The molecule has 0 unspecified atom stereocenters. The minimum absolute atomic E-state index is 0. The van der Waals surface area contributed by atoms with Gasteiger partial charge in [-0.25, -0.2) is 4.98 Å². The Labute approximate surface area is 250 Å². The molecule has 0 atom stereocenters. The number of pyridine rings is 2. The van der Waals surface area contributed by atoms with Gasteiger partial charge in [0, 0.05) is 52.4 Å². The topological polar surface area (TPSA) is 52.5 Å². The second-order valence-corrected chi connectivity index (χ2v) is 11.3. The zero-order valence-electron chi connectivity index (χ0n) is 23.6. The van der Waals surface area contributed by atoms with Gasteiger partial charge in [-0.05, 0) is 58.1 Å². The van der Waals surface area contributed by atoms with Crippen LogP contribution in [0.5, 0.6) is 5.75 Å². The smallest absolute Gasteiger partial charge is 0.164 e. The minimum atomic E-state index is -0.214. The maximum Gasteiger partial charge on any atom is 0.164 e. The van der Waals surface area contributed by atoms with Gasteiger partial charge in [-0.1, -0.05) is 69.7 Å². The summed E-state index contributed by atoms with van der Waals surface area (Å²) in [6.45, 7) is 8.86. The fourth-order valence-electron chi connectivity index (χ4n) is 5.75. The van der Waals surface area contributed by atoms with Crippen LogP contribution in [0.2, 0.25) is 0 Å². The average Bonchev–Trinajstić information content (AvgIpc) is 2.93. The number of benzene rings is 3. The Bertz CT molecular complexity index is 1710. The number of rotatable bonds is 4. The number of aromatic hydroxyl groups is 1. The summed E-state index contributed by atoms with van der Waals surface area (Å²) in [5.74, 6) is 1.34. The van der Waals surface area contributed by atoms with E-state index in [0.29, 0.717) is 11.4 Å². The van der Waals surface area contributed by atoms with Crippen LogP contribution in [0.1, 0.15) is 50.3 Å². The van der Waals surface area contributed by atoms with Gasteiger partial charge >= 0.3 is 0 Å². The Kier molecular flexibility index (Phi) is 7.22. The van der Waals surface area contributed by atoms with Gasteiger partial charge in [-0.2, -0.15) is 0 Å². The van der Waals surface area contributed by atoms with E-state index >= 15 is 0 Å². The third kappa shape index (κ3) is 4.37. The van der Waals surface area contributed by atoms with E-state index in [0.717, 1.165) is 39.5 Å². The number of nitrogens with zero attached hydrogens (tertiary/aromatic N) is 4. The van der Waals surface area contributed by atoms with Gasteiger partial charge in [0.2, 0.25) is 0 Å². The monoisotopic (exact) mass is 708 g/mol. The number of hydrogen-bond acceptors (Lipinski definition) is 5. The maximum absolute atomic E-state index is 11.2. The molecule has 1 N–H and O–H groups in total. The average molecular weight is 709 g/mol. The van der Waals surface area contributed by atoms with E-state index in [-0.39, 0.29) is 32.2 Å². The van der Waals surface area contributed by atoms with Crippen LogP contribution in [0, 0.1) is 6.07 Å². The molecule has 1 aliphatic rings. The molecule has 0 fully saturated rings. The van der Waals surface area contributed by atoms with E-state index in [1.165, 1.54) is 16.7 Å². The van der Waals surface area contributed by atoms with Gasteiger partial charge in [0.05, 0.1) is 5.69 Å². The second kappa shape index (κ2) is 10.4. The molecule has 1 aliphatic heterocycles. The molecule has 5 aromatic rings. The Morgan fingerprint density at radius 1 is 0.925 bits per heavy atom. The molecule has 3 heterocycles. The molecular formula is C34H33N4OPt-. The summed E-state index contributed by atoms with van der Waals surface area (Å²) in [5.41, 5.74) is 8.46. The van der Waals surface area contributed by atoms with Crippen LogP contribution >= 0.6 is 0 Å². The number of phenols is 1. The first-order valence-corrected chi connectivity index (χ1v) is 13.4. The molecule has 0 saturated heterocycles. The molecule has 5 nitrogen and oxygen atoms in total. The third-order valence-corrected chi connectivity index (χ3v) is 7.86. The molecule has 6 rings (SSSR count). The third-order valence-electron chi connectivity index (χ3n) is 7.86. The van der Waals surface area contributed by atoms with Gasteiger partial charge in [-0.15, -0.1) is 23.8 Å².